The zero-order valence-corrected chi connectivity index (χ0v) is 13.6. The Balaban J connectivity index is 1.70. The predicted molar refractivity (Wildman–Crippen MR) is 88.2 cm³/mol. The van der Waals surface area contributed by atoms with E-state index in [1.165, 1.54) is 35.9 Å². The van der Waals surface area contributed by atoms with Gasteiger partial charge in [-0.15, -0.1) is 11.3 Å². The summed E-state index contributed by atoms with van der Waals surface area (Å²) in [4.78, 5) is 20.2. The maximum absolute atomic E-state index is 12.9. The monoisotopic (exact) mass is 369 g/mol. The Kier molecular flexibility index (Phi) is 4.72. The third-order valence-corrected chi connectivity index (χ3v) is 5.09. The van der Waals surface area contributed by atoms with Crippen molar-refractivity contribution in [3.05, 3.63) is 47.6 Å². The van der Waals surface area contributed by atoms with E-state index in [4.69, 9.17) is 0 Å². The van der Waals surface area contributed by atoms with Crippen molar-refractivity contribution in [2.24, 2.45) is 0 Å². The Morgan fingerprint density at radius 2 is 2.00 bits per heavy atom. The quantitative estimate of drug-likeness (QED) is 0.546. The Morgan fingerprint density at radius 1 is 1.21 bits per heavy atom. The van der Waals surface area contributed by atoms with Crippen LogP contribution in [-0.4, -0.2) is 21.6 Å². The number of aromatic nitrogens is 2. The summed E-state index contributed by atoms with van der Waals surface area (Å²) < 4.78 is 39.6. The van der Waals surface area contributed by atoms with Crippen LogP contribution in [-0.2, 0) is 11.0 Å². The van der Waals surface area contributed by atoms with E-state index >= 15 is 0 Å². The fraction of sp³-hybridized carbons (Fsp3) is 0.133. The van der Waals surface area contributed by atoms with Gasteiger partial charge in [-0.1, -0.05) is 23.9 Å². The number of fused-ring (bicyclic) bond motifs is 1. The number of anilines is 1. The average Bonchev–Trinajstić information content (AvgIpc) is 3.01. The van der Waals surface area contributed by atoms with Crippen LogP contribution in [0, 0.1) is 0 Å². The van der Waals surface area contributed by atoms with Crippen LogP contribution in [0.2, 0.25) is 0 Å². The summed E-state index contributed by atoms with van der Waals surface area (Å²) in [6.45, 7) is 0. The van der Waals surface area contributed by atoms with Gasteiger partial charge in [0, 0.05) is 0 Å². The highest BCUT2D eigenvalue weighted by Crippen LogP contribution is 2.35. The molecule has 0 fully saturated rings. The Hall–Kier alpha value is -2.13. The molecule has 0 aliphatic rings. The van der Waals surface area contributed by atoms with Gasteiger partial charge in [-0.25, -0.2) is 9.97 Å². The summed E-state index contributed by atoms with van der Waals surface area (Å²) in [5.41, 5.74) is -0.342. The van der Waals surface area contributed by atoms with Gasteiger partial charge >= 0.3 is 6.18 Å². The standard InChI is InChI=1S/C15H10F3N3OS2/c16-15(17,18)9-3-1-2-4-10(9)21-12(22)7-24-14-13-11(5-6-23-13)19-8-20-14/h1-6,8H,7H2,(H,21,22). The number of hydrogen-bond acceptors (Lipinski definition) is 5. The molecule has 24 heavy (non-hydrogen) atoms. The molecule has 0 aliphatic heterocycles. The van der Waals surface area contributed by atoms with Crippen LogP contribution in [0.15, 0.2) is 47.1 Å². The molecule has 124 valence electrons. The van der Waals surface area contributed by atoms with Gasteiger partial charge in [0.2, 0.25) is 5.91 Å². The molecule has 9 heteroatoms. The van der Waals surface area contributed by atoms with E-state index in [0.717, 1.165) is 28.0 Å². The van der Waals surface area contributed by atoms with E-state index in [1.54, 1.807) is 0 Å². The van der Waals surface area contributed by atoms with Gasteiger partial charge in [-0.05, 0) is 23.6 Å². The van der Waals surface area contributed by atoms with Crippen molar-refractivity contribution >= 4 is 44.9 Å². The molecular formula is C15H10F3N3OS2. The number of hydrogen-bond donors (Lipinski definition) is 1. The number of thiophene rings is 1. The molecule has 0 spiro atoms. The molecule has 4 nitrogen and oxygen atoms in total. The van der Waals surface area contributed by atoms with Gasteiger partial charge < -0.3 is 5.32 Å². The smallest absolute Gasteiger partial charge is 0.325 e. The third kappa shape index (κ3) is 3.68. The highest BCUT2D eigenvalue weighted by atomic mass is 32.2. The molecule has 0 bridgehead atoms. The van der Waals surface area contributed by atoms with E-state index in [9.17, 15) is 18.0 Å². The van der Waals surface area contributed by atoms with Gasteiger partial charge in [-0.3, -0.25) is 4.79 Å². The number of para-hydroxylation sites is 1. The van der Waals surface area contributed by atoms with E-state index in [1.807, 2.05) is 11.4 Å². The van der Waals surface area contributed by atoms with Crippen molar-refractivity contribution in [1.29, 1.82) is 0 Å². The maximum Gasteiger partial charge on any atom is 0.418 e. The van der Waals surface area contributed by atoms with E-state index in [0.29, 0.717) is 5.03 Å². The van der Waals surface area contributed by atoms with Crippen molar-refractivity contribution in [1.82, 2.24) is 9.97 Å². The van der Waals surface area contributed by atoms with Gasteiger partial charge in [0.1, 0.15) is 11.4 Å². The van der Waals surface area contributed by atoms with Crippen molar-refractivity contribution < 1.29 is 18.0 Å². The van der Waals surface area contributed by atoms with Crippen LogP contribution in [0.1, 0.15) is 5.56 Å². The highest BCUT2D eigenvalue weighted by molar-refractivity contribution is 8.00. The molecular weight excluding hydrogens is 359 g/mol. The summed E-state index contributed by atoms with van der Waals surface area (Å²) in [6, 6.07) is 6.72. The topological polar surface area (TPSA) is 54.9 Å². The zero-order chi connectivity index (χ0) is 17.2. The molecule has 0 radical (unpaired) electrons. The highest BCUT2D eigenvalue weighted by Gasteiger charge is 2.33. The van der Waals surface area contributed by atoms with Crippen LogP contribution in [0.5, 0.6) is 0 Å². The van der Waals surface area contributed by atoms with Crippen LogP contribution < -0.4 is 5.32 Å². The van der Waals surface area contributed by atoms with Crippen molar-refractivity contribution in [3.8, 4) is 0 Å². The molecule has 1 N–H and O–H groups in total. The molecule has 2 aromatic heterocycles. The lowest BCUT2D eigenvalue weighted by Gasteiger charge is -2.13. The van der Waals surface area contributed by atoms with E-state index < -0.39 is 17.6 Å². The summed E-state index contributed by atoms with van der Waals surface area (Å²) >= 11 is 2.61. The van der Waals surface area contributed by atoms with Crippen molar-refractivity contribution in [2.45, 2.75) is 11.2 Å². The summed E-state index contributed by atoms with van der Waals surface area (Å²) in [5.74, 6) is -0.573. The first-order chi connectivity index (χ1) is 11.4. The first-order valence-corrected chi connectivity index (χ1v) is 8.59. The lowest BCUT2D eigenvalue weighted by molar-refractivity contribution is -0.137. The molecule has 1 amide bonds. The minimum absolute atomic E-state index is 0.0454. The van der Waals surface area contributed by atoms with Crippen molar-refractivity contribution in [3.63, 3.8) is 0 Å². The molecule has 3 aromatic rings. The number of rotatable bonds is 4. The predicted octanol–water partition coefficient (Wildman–Crippen LogP) is 4.44. The third-order valence-electron chi connectivity index (χ3n) is 3.06. The molecule has 3 rings (SSSR count). The van der Waals surface area contributed by atoms with Crippen LogP contribution in [0.25, 0.3) is 10.2 Å². The minimum atomic E-state index is -4.52. The minimum Gasteiger partial charge on any atom is -0.325 e. The Bertz CT molecular complexity index is 880. The fourth-order valence-corrected chi connectivity index (χ4v) is 3.78. The average molecular weight is 369 g/mol. The maximum atomic E-state index is 12.9. The van der Waals surface area contributed by atoms with E-state index in [-0.39, 0.29) is 11.4 Å². The zero-order valence-electron chi connectivity index (χ0n) is 12.0. The first kappa shape index (κ1) is 16.7. The second-order valence-electron chi connectivity index (χ2n) is 4.69. The number of carbonyl (C=O) groups excluding carboxylic acids is 1. The second kappa shape index (κ2) is 6.78. The largest absolute Gasteiger partial charge is 0.418 e. The number of nitrogens with one attached hydrogen (secondary N) is 1. The normalized spacial score (nSPS) is 11.6. The number of benzene rings is 1. The summed E-state index contributed by atoms with van der Waals surface area (Å²) in [6.07, 6.45) is -3.12. The fourth-order valence-electron chi connectivity index (χ4n) is 2.03. The molecule has 0 aliphatic carbocycles. The van der Waals surface area contributed by atoms with Gasteiger partial charge in [-0.2, -0.15) is 13.2 Å². The van der Waals surface area contributed by atoms with Gasteiger partial charge in [0.15, 0.2) is 0 Å². The summed E-state index contributed by atoms with van der Waals surface area (Å²) in [5, 5.41) is 4.81. The SMILES string of the molecule is O=C(CSc1ncnc2ccsc12)Nc1ccccc1C(F)(F)F. The number of thioether (sulfide) groups is 1. The van der Waals surface area contributed by atoms with Gasteiger partial charge in [0.25, 0.3) is 0 Å². The number of amides is 1. The number of alkyl halides is 3. The van der Waals surface area contributed by atoms with Crippen molar-refractivity contribution in [2.75, 3.05) is 11.1 Å². The molecule has 2 heterocycles. The summed E-state index contributed by atoms with van der Waals surface area (Å²) in [7, 11) is 0. The van der Waals surface area contributed by atoms with Gasteiger partial charge in [0.05, 0.1) is 27.2 Å². The van der Waals surface area contributed by atoms with Crippen LogP contribution in [0.4, 0.5) is 18.9 Å². The molecule has 0 atom stereocenters. The lowest BCUT2D eigenvalue weighted by atomic mass is 10.1. The van der Waals surface area contributed by atoms with Crippen LogP contribution >= 0.6 is 23.1 Å². The number of halogens is 3. The molecule has 0 saturated heterocycles. The van der Waals surface area contributed by atoms with E-state index in [2.05, 4.69) is 15.3 Å². The Labute approximate surface area is 143 Å². The molecule has 1 aromatic carbocycles. The second-order valence-corrected chi connectivity index (χ2v) is 6.57. The Morgan fingerprint density at radius 3 is 2.79 bits per heavy atom. The number of nitrogens with zero attached hydrogens (tertiary/aromatic N) is 2. The first-order valence-electron chi connectivity index (χ1n) is 6.72. The lowest BCUT2D eigenvalue weighted by Crippen LogP contribution is -2.18. The number of carbonyl (C=O) groups is 1. The molecule has 0 unspecified atom stereocenters. The van der Waals surface area contributed by atoms with Crippen LogP contribution in [0.3, 0.4) is 0 Å². The molecule has 0 saturated carbocycles.